The van der Waals surface area contributed by atoms with Gasteiger partial charge in [-0.2, -0.15) is 0 Å². The van der Waals surface area contributed by atoms with Crippen LogP contribution in [0.25, 0.3) is 5.69 Å². The van der Waals surface area contributed by atoms with E-state index in [1.165, 1.54) is 12.1 Å². The smallest absolute Gasteiger partial charge is 0.265 e. The van der Waals surface area contributed by atoms with Crippen LogP contribution in [0.5, 0.6) is 0 Å². The zero-order chi connectivity index (χ0) is 17.1. The van der Waals surface area contributed by atoms with Crippen LogP contribution in [-0.2, 0) is 6.54 Å². The first kappa shape index (κ1) is 16.4. The van der Waals surface area contributed by atoms with Crippen molar-refractivity contribution in [2.24, 2.45) is 0 Å². The van der Waals surface area contributed by atoms with Gasteiger partial charge in [-0.25, -0.2) is 4.39 Å². The lowest BCUT2D eigenvalue weighted by Gasteiger charge is -2.07. The number of hydrogen-bond donors (Lipinski definition) is 2. The molecule has 0 radical (unpaired) electrons. The van der Waals surface area contributed by atoms with Crippen LogP contribution in [0.15, 0.2) is 54.6 Å². The van der Waals surface area contributed by atoms with Crippen molar-refractivity contribution in [2.45, 2.75) is 6.54 Å². The largest absolute Gasteiger partial charge is 0.383 e. The number of amides is 1. The van der Waals surface area contributed by atoms with E-state index in [0.29, 0.717) is 21.1 Å². The molecule has 0 fully saturated rings. The summed E-state index contributed by atoms with van der Waals surface area (Å²) in [5.41, 5.74) is 7.71. The number of hydrogen-bond acceptors (Lipinski definition) is 4. The molecule has 122 valence electrons. The average Bonchev–Trinajstić information content (AvgIpc) is 2.89. The van der Waals surface area contributed by atoms with E-state index in [-0.39, 0.29) is 17.5 Å². The Balaban J connectivity index is 1.84. The van der Waals surface area contributed by atoms with E-state index in [4.69, 9.17) is 18.0 Å². The van der Waals surface area contributed by atoms with Crippen LogP contribution in [0, 0.1) is 9.77 Å². The summed E-state index contributed by atoms with van der Waals surface area (Å²) in [7, 11) is 0. The number of nitrogens with two attached hydrogens (primary N) is 1. The Labute approximate surface area is 147 Å². The van der Waals surface area contributed by atoms with E-state index in [9.17, 15) is 9.18 Å². The molecule has 0 atom stereocenters. The zero-order valence-corrected chi connectivity index (χ0v) is 14.2. The van der Waals surface area contributed by atoms with E-state index in [0.717, 1.165) is 16.9 Å². The number of aromatic nitrogens is 1. The van der Waals surface area contributed by atoms with Gasteiger partial charge in [-0.1, -0.05) is 41.7 Å². The second kappa shape index (κ2) is 6.94. The number of nitrogens with zero attached hydrogens (tertiary/aromatic N) is 1. The van der Waals surface area contributed by atoms with Crippen molar-refractivity contribution in [1.82, 2.24) is 9.88 Å². The van der Waals surface area contributed by atoms with Crippen molar-refractivity contribution >= 4 is 35.3 Å². The molecule has 4 nitrogen and oxygen atoms in total. The van der Waals surface area contributed by atoms with Gasteiger partial charge in [0, 0.05) is 12.2 Å². The van der Waals surface area contributed by atoms with E-state index in [2.05, 4.69) is 5.32 Å². The summed E-state index contributed by atoms with van der Waals surface area (Å²) in [5.74, 6) is -0.379. The van der Waals surface area contributed by atoms with E-state index >= 15 is 0 Å². The minimum absolute atomic E-state index is 0.252. The first-order chi connectivity index (χ1) is 11.6. The Morgan fingerprint density at radius 3 is 2.50 bits per heavy atom. The monoisotopic (exact) mass is 359 g/mol. The lowest BCUT2D eigenvalue weighted by atomic mass is 10.2. The summed E-state index contributed by atoms with van der Waals surface area (Å²) in [6, 6.07) is 15.4. The third kappa shape index (κ3) is 3.37. The van der Waals surface area contributed by atoms with Gasteiger partial charge in [0.2, 0.25) is 0 Å². The van der Waals surface area contributed by atoms with Gasteiger partial charge in [-0.05, 0) is 42.0 Å². The summed E-state index contributed by atoms with van der Waals surface area (Å²) < 4.78 is 15.1. The third-order valence-electron chi connectivity index (χ3n) is 3.43. The van der Waals surface area contributed by atoms with Gasteiger partial charge in [0.1, 0.15) is 16.5 Å². The summed E-state index contributed by atoms with van der Waals surface area (Å²) in [6.07, 6.45) is 0. The average molecular weight is 359 g/mol. The van der Waals surface area contributed by atoms with Crippen LogP contribution in [0.3, 0.4) is 0 Å². The van der Waals surface area contributed by atoms with Crippen LogP contribution in [0.2, 0.25) is 0 Å². The van der Waals surface area contributed by atoms with Crippen LogP contribution in [0.1, 0.15) is 15.2 Å². The molecule has 3 N–H and O–H groups in total. The molecular formula is C17H14FN3OS2. The molecule has 7 heteroatoms. The number of benzene rings is 2. The van der Waals surface area contributed by atoms with Gasteiger partial charge in [0.25, 0.3) is 5.91 Å². The topological polar surface area (TPSA) is 60.1 Å². The van der Waals surface area contributed by atoms with Crippen LogP contribution in [-0.4, -0.2) is 10.5 Å². The van der Waals surface area contributed by atoms with Crippen molar-refractivity contribution in [1.29, 1.82) is 0 Å². The number of rotatable bonds is 4. The molecule has 3 rings (SSSR count). The fourth-order valence-electron chi connectivity index (χ4n) is 2.24. The van der Waals surface area contributed by atoms with Crippen molar-refractivity contribution in [3.05, 3.63) is 74.8 Å². The van der Waals surface area contributed by atoms with Gasteiger partial charge in [-0.3, -0.25) is 9.36 Å². The summed E-state index contributed by atoms with van der Waals surface area (Å²) >= 11 is 6.43. The Bertz CT molecular complexity index is 917. The third-order valence-corrected chi connectivity index (χ3v) is 4.82. The molecule has 0 bridgehead atoms. The Morgan fingerprint density at radius 2 is 1.83 bits per heavy atom. The highest BCUT2D eigenvalue weighted by molar-refractivity contribution is 7.73. The predicted octanol–water partition coefficient (Wildman–Crippen LogP) is 3.92. The molecule has 1 heterocycles. The first-order valence-electron chi connectivity index (χ1n) is 7.15. The predicted molar refractivity (Wildman–Crippen MR) is 96.5 cm³/mol. The highest BCUT2D eigenvalue weighted by Gasteiger charge is 2.17. The fourth-order valence-corrected chi connectivity index (χ4v) is 3.53. The Morgan fingerprint density at radius 1 is 1.17 bits per heavy atom. The van der Waals surface area contributed by atoms with E-state index in [1.807, 2.05) is 30.3 Å². The number of anilines is 1. The quantitative estimate of drug-likeness (QED) is 0.694. The number of thiazole rings is 1. The van der Waals surface area contributed by atoms with Crippen molar-refractivity contribution in [2.75, 3.05) is 5.73 Å². The minimum atomic E-state index is -0.347. The molecule has 3 aromatic rings. The second-order valence-electron chi connectivity index (χ2n) is 5.06. The maximum atomic E-state index is 13.1. The molecule has 0 spiro atoms. The number of nitrogen functional groups attached to an aromatic ring is 1. The second-order valence-corrected chi connectivity index (χ2v) is 6.71. The highest BCUT2D eigenvalue weighted by atomic mass is 32.1. The molecular weight excluding hydrogens is 345 g/mol. The molecule has 0 aliphatic heterocycles. The SMILES string of the molecule is Nc1c(C(=O)NCc2ccccc2)sc(=S)n1-c1ccc(F)cc1. The molecule has 0 saturated heterocycles. The van der Waals surface area contributed by atoms with E-state index < -0.39 is 0 Å². The normalized spacial score (nSPS) is 10.5. The zero-order valence-electron chi connectivity index (χ0n) is 12.5. The molecule has 0 unspecified atom stereocenters. The molecule has 0 aliphatic rings. The molecule has 24 heavy (non-hydrogen) atoms. The van der Waals surface area contributed by atoms with Gasteiger partial charge >= 0.3 is 0 Å². The van der Waals surface area contributed by atoms with Crippen molar-refractivity contribution < 1.29 is 9.18 Å². The molecule has 0 saturated carbocycles. The van der Waals surface area contributed by atoms with Gasteiger partial charge in [-0.15, -0.1) is 0 Å². The minimum Gasteiger partial charge on any atom is -0.383 e. The summed E-state index contributed by atoms with van der Waals surface area (Å²) in [4.78, 5) is 12.7. The molecule has 1 aromatic heterocycles. The number of halogens is 1. The molecule has 0 aliphatic carbocycles. The summed E-state index contributed by atoms with van der Waals surface area (Å²) in [6.45, 7) is 0.403. The fraction of sp³-hybridized carbons (Fsp3) is 0.0588. The molecule has 2 aromatic carbocycles. The maximum Gasteiger partial charge on any atom is 0.265 e. The highest BCUT2D eigenvalue weighted by Crippen LogP contribution is 2.26. The van der Waals surface area contributed by atoms with Gasteiger partial charge in [0.05, 0.1) is 0 Å². The Kier molecular flexibility index (Phi) is 4.73. The maximum absolute atomic E-state index is 13.1. The van der Waals surface area contributed by atoms with Gasteiger partial charge in [0.15, 0.2) is 3.95 Å². The van der Waals surface area contributed by atoms with Crippen molar-refractivity contribution in [3.63, 3.8) is 0 Å². The van der Waals surface area contributed by atoms with E-state index in [1.54, 1.807) is 16.7 Å². The Hall–Kier alpha value is -2.51. The number of carbonyl (C=O) groups excluding carboxylic acids is 1. The standard InChI is InChI=1S/C17H14FN3OS2/c18-12-6-8-13(9-7-12)21-15(19)14(24-17(21)23)16(22)20-10-11-4-2-1-3-5-11/h1-9H,10,19H2,(H,20,22). The van der Waals surface area contributed by atoms with Crippen LogP contribution in [0.4, 0.5) is 10.2 Å². The van der Waals surface area contributed by atoms with Crippen LogP contribution < -0.4 is 11.1 Å². The first-order valence-corrected chi connectivity index (χ1v) is 8.38. The lowest BCUT2D eigenvalue weighted by Crippen LogP contribution is -2.23. The van der Waals surface area contributed by atoms with Crippen LogP contribution >= 0.6 is 23.6 Å². The lowest BCUT2D eigenvalue weighted by molar-refractivity contribution is 0.0955. The number of nitrogens with one attached hydrogen (secondary N) is 1. The summed E-state index contributed by atoms with van der Waals surface area (Å²) in [5, 5.41) is 2.83. The van der Waals surface area contributed by atoms with Gasteiger partial charge < -0.3 is 11.1 Å². The number of carbonyl (C=O) groups is 1. The van der Waals surface area contributed by atoms with Crippen molar-refractivity contribution in [3.8, 4) is 5.69 Å². The molecule has 1 amide bonds.